The molecule has 1 heterocycles. The number of benzene rings is 1. The van der Waals surface area contributed by atoms with Gasteiger partial charge in [0.15, 0.2) is 5.78 Å². The normalized spacial score (nSPS) is 18.7. The predicted octanol–water partition coefficient (Wildman–Crippen LogP) is 2.77. The van der Waals surface area contributed by atoms with Crippen molar-refractivity contribution in [2.24, 2.45) is 0 Å². The number of halogens is 1. The topological polar surface area (TPSA) is 55.4 Å². The van der Waals surface area contributed by atoms with Crippen molar-refractivity contribution in [3.8, 4) is 0 Å². The van der Waals surface area contributed by atoms with Crippen LogP contribution in [0.4, 0.5) is 5.69 Å². The van der Waals surface area contributed by atoms with Gasteiger partial charge < -0.3 is 10.1 Å². The van der Waals surface area contributed by atoms with Gasteiger partial charge in [-0.15, -0.1) is 0 Å². The molecule has 1 aromatic carbocycles. The summed E-state index contributed by atoms with van der Waals surface area (Å²) in [6, 6.07) is 5.21. The van der Waals surface area contributed by atoms with Gasteiger partial charge in [0, 0.05) is 16.6 Å². The molecule has 5 heteroatoms. The highest BCUT2D eigenvalue weighted by Crippen LogP contribution is 2.23. The minimum absolute atomic E-state index is 0.0843. The standard InChI is InChI=1S/C13H14BrNO3/c1-8(16)10-7-9(14)4-5-11(10)15-13(17)12-3-2-6-18-12/h4-5,7,12H,2-3,6H2,1H3,(H,15,17)/t12-/m1/s1. The Morgan fingerprint density at radius 1 is 1.44 bits per heavy atom. The maximum Gasteiger partial charge on any atom is 0.253 e. The number of carbonyl (C=O) groups excluding carboxylic acids is 2. The highest BCUT2D eigenvalue weighted by Gasteiger charge is 2.24. The number of anilines is 1. The van der Waals surface area contributed by atoms with Crippen LogP contribution < -0.4 is 5.32 Å². The number of nitrogens with one attached hydrogen (secondary N) is 1. The van der Waals surface area contributed by atoms with Crippen molar-refractivity contribution in [1.29, 1.82) is 0 Å². The number of rotatable bonds is 3. The number of Topliss-reactive ketones (excluding diaryl/α,β-unsaturated/α-hetero) is 1. The minimum Gasteiger partial charge on any atom is -0.368 e. The highest BCUT2D eigenvalue weighted by atomic mass is 79.9. The van der Waals surface area contributed by atoms with E-state index in [-0.39, 0.29) is 11.7 Å². The van der Waals surface area contributed by atoms with Crippen LogP contribution in [0, 0.1) is 0 Å². The average molecular weight is 312 g/mol. The van der Waals surface area contributed by atoms with Crippen LogP contribution in [0.1, 0.15) is 30.1 Å². The van der Waals surface area contributed by atoms with E-state index < -0.39 is 6.10 Å². The number of ether oxygens (including phenoxy) is 1. The Morgan fingerprint density at radius 3 is 2.83 bits per heavy atom. The Hall–Kier alpha value is -1.20. The van der Waals surface area contributed by atoms with Crippen LogP contribution in [0.15, 0.2) is 22.7 Å². The fraction of sp³-hybridized carbons (Fsp3) is 0.385. The molecule has 1 atom stereocenters. The van der Waals surface area contributed by atoms with E-state index in [0.717, 1.165) is 17.3 Å². The minimum atomic E-state index is -0.395. The first-order valence-electron chi connectivity index (χ1n) is 5.81. The van der Waals surface area contributed by atoms with Gasteiger partial charge in [0.1, 0.15) is 6.10 Å². The first kappa shape index (κ1) is 13.2. The molecule has 1 aromatic rings. The third kappa shape index (κ3) is 2.97. The zero-order valence-electron chi connectivity index (χ0n) is 10.0. The van der Waals surface area contributed by atoms with Crippen molar-refractivity contribution in [2.45, 2.75) is 25.9 Å². The van der Waals surface area contributed by atoms with Gasteiger partial charge in [-0.1, -0.05) is 15.9 Å². The van der Waals surface area contributed by atoms with E-state index in [0.29, 0.717) is 17.9 Å². The lowest BCUT2D eigenvalue weighted by Crippen LogP contribution is -2.27. The maximum atomic E-state index is 11.9. The Bertz CT molecular complexity index is 481. The molecule has 1 saturated heterocycles. The maximum absolute atomic E-state index is 11.9. The van der Waals surface area contributed by atoms with Crippen molar-refractivity contribution in [3.63, 3.8) is 0 Å². The fourth-order valence-electron chi connectivity index (χ4n) is 1.91. The first-order chi connectivity index (χ1) is 8.58. The molecule has 0 aromatic heterocycles. The summed E-state index contributed by atoms with van der Waals surface area (Å²) in [4.78, 5) is 23.4. The summed E-state index contributed by atoms with van der Waals surface area (Å²) in [6.07, 6.45) is 1.24. The molecule has 1 N–H and O–H groups in total. The number of ketones is 1. The molecule has 1 aliphatic heterocycles. The molecule has 1 fully saturated rings. The molecular weight excluding hydrogens is 298 g/mol. The molecule has 0 saturated carbocycles. The second-order valence-electron chi connectivity index (χ2n) is 4.24. The molecule has 0 aliphatic carbocycles. The van der Waals surface area contributed by atoms with Crippen molar-refractivity contribution in [1.82, 2.24) is 0 Å². The van der Waals surface area contributed by atoms with Gasteiger partial charge in [-0.05, 0) is 38.0 Å². The number of hydrogen-bond donors (Lipinski definition) is 1. The number of hydrogen-bond acceptors (Lipinski definition) is 3. The third-order valence-corrected chi connectivity index (χ3v) is 3.33. The SMILES string of the molecule is CC(=O)c1cc(Br)ccc1NC(=O)[C@H]1CCCO1. The molecule has 18 heavy (non-hydrogen) atoms. The molecule has 0 radical (unpaired) electrons. The monoisotopic (exact) mass is 311 g/mol. The fourth-order valence-corrected chi connectivity index (χ4v) is 2.28. The van der Waals surface area contributed by atoms with Crippen molar-refractivity contribution in [2.75, 3.05) is 11.9 Å². The lowest BCUT2D eigenvalue weighted by molar-refractivity contribution is -0.124. The molecule has 1 aliphatic rings. The second-order valence-corrected chi connectivity index (χ2v) is 5.15. The van der Waals surface area contributed by atoms with Crippen LogP contribution in [-0.2, 0) is 9.53 Å². The Balaban J connectivity index is 2.17. The van der Waals surface area contributed by atoms with E-state index in [1.165, 1.54) is 6.92 Å². The lowest BCUT2D eigenvalue weighted by Gasteiger charge is -2.13. The molecule has 4 nitrogen and oxygen atoms in total. The van der Waals surface area contributed by atoms with Crippen molar-refractivity contribution < 1.29 is 14.3 Å². The van der Waals surface area contributed by atoms with Gasteiger partial charge in [-0.2, -0.15) is 0 Å². The number of amides is 1. The van der Waals surface area contributed by atoms with Gasteiger partial charge in [0.05, 0.1) is 5.69 Å². The molecule has 96 valence electrons. The highest BCUT2D eigenvalue weighted by molar-refractivity contribution is 9.10. The number of carbonyl (C=O) groups is 2. The largest absolute Gasteiger partial charge is 0.368 e. The Kier molecular flexibility index (Phi) is 4.14. The van der Waals surface area contributed by atoms with E-state index in [2.05, 4.69) is 21.2 Å². The quantitative estimate of drug-likeness (QED) is 0.873. The smallest absolute Gasteiger partial charge is 0.253 e. The summed E-state index contributed by atoms with van der Waals surface area (Å²) < 4.78 is 6.11. The summed E-state index contributed by atoms with van der Waals surface area (Å²) in [5.41, 5.74) is 1.03. The molecule has 2 rings (SSSR count). The van der Waals surface area contributed by atoms with E-state index in [9.17, 15) is 9.59 Å². The molecule has 0 unspecified atom stereocenters. The van der Waals surface area contributed by atoms with Crippen LogP contribution in [0.25, 0.3) is 0 Å². The molecular formula is C13H14BrNO3. The van der Waals surface area contributed by atoms with Crippen LogP contribution in [0.5, 0.6) is 0 Å². The lowest BCUT2D eigenvalue weighted by atomic mass is 10.1. The van der Waals surface area contributed by atoms with E-state index in [4.69, 9.17) is 4.74 Å². The van der Waals surface area contributed by atoms with Crippen molar-refractivity contribution in [3.05, 3.63) is 28.2 Å². The van der Waals surface area contributed by atoms with Crippen LogP contribution in [0.2, 0.25) is 0 Å². The predicted molar refractivity (Wildman–Crippen MR) is 71.8 cm³/mol. The van der Waals surface area contributed by atoms with Crippen LogP contribution in [-0.4, -0.2) is 24.4 Å². The zero-order chi connectivity index (χ0) is 13.1. The van der Waals surface area contributed by atoms with Gasteiger partial charge in [0.2, 0.25) is 0 Å². The summed E-state index contributed by atoms with van der Waals surface area (Å²) in [5, 5.41) is 2.76. The summed E-state index contributed by atoms with van der Waals surface area (Å²) >= 11 is 3.31. The molecule has 0 bridgehead atoms. The summed E-state index contributed by atoms with van der Waals surface area (Å²) in [5.74, 6) is -0.267. The van der Waals surface area contributed by atoms with E-state index in [1.807, 2.05) is 0 Å². The Labute approximate surface area is 114 Å². The molecule has 0 spiro atoms. The van der Waals surface area contributed by atoms with Crippen LogP contribution >= 0.6 is 15.9 Å². The third-order valence-electron chi connectivity index (χ3n) is 2.84. The average Bonchev–Trinajstić information content (AvgIpc) is 2.84. The molecule has 1 amide bonds. The first-order valence-corrected chi connectivity index (χ1v) is 6.60. The summed E-state index contributed by atoms with van der Waals surface area (Å²) in [7, 11) is 0. The van der Waals surface area contributed by atoms with E-state index >= 15 is 0 Å². The van der Waals surface area contributed by atoms with Crippen molar-refractivity contribution >= 4 is 33.3 Å². The summed E-state index contributed by atoms with van der Waals surface area (Å²) in [6.45, 7) is 2.10. The Morgan fingerprint density at radius 2 is 2.22 bits per heavy atom. The van der Waals surface area contributed by atoms with Gasteiger partial charge >= 0.3 is 0 Å². The van der Waals surface area contributed by atoms with E-state index in [1.54, 1.807) is 18.2 Å². The second kappa shape index (κ2) is 5.63. The zero-order valence-corrected chi connectivity index (χ0v) is 11.6. The van der Waals surface area contributed by atoms with Gasteiger partial charge in [0.25, 0.3) is 5.91 Å². The van der Waals surface area contributed by atoms with Gasteiger partial charge in [-0.3, -0.25) is 9.59 Å². The van der Waals surface area contributed by atoms with Gasteiger partial charge in [-0.25, -0.2) is 0 Å². The van der Waals surface area contributed by atoms with Crippen LogP contribution in [0.3, 0.4) is 0 Å².